The van der Waals surface area contributed by atoms with Gasteiger partial charge in [-0.1, -0.05) is 29.8 Å². The number of nitrogens with two attached hydrogens (primary N) is 1. The van der Waals surface area contributed by atoms with E-state index < -0.39 is 6.04 Å². The summed E-state index contributed by atoms with van der Waals surface area (Å²) < 4.78 is 0. The highest BCUT2D eigenvalue weighted by Crippen LogP contribution is 2.14. The molecule has 0 spiro atoms. The number of carbonyl (C=O) groups excluding carboxylic acids is 1. The van der Waals surface area contributed by atoms with Gasteiger partial charge < -0.3 is 16.0 Å². The summed E-state index contributed by atoms with van der Waals surface area (Å²) in [6.45, 7) is 5.23. The molecule has 92 valence electrons. The van der Waals surface area contributed by atoms with Crippen molar-refractivity contribution in [3.05, 3.63) is 35.4 Å². The average Bonchev–Trinajstić information content (AvgIpc) is 2.39. The number of benzene rings is 1. The highest BCUT2D eigenvalue weighted by atomic mass is 16.2. The lowest BCUT2D eigenvalue weighted by atomic mass is 10.0. The largest absolute Gasteiger partial charge is 0.339 e. The van der Waals surface area contributed by atoms with Gasteiger partial charge in [0.25, 0.3) is 0 Å². The van der Waals surface area contributed by atoms with Gasteiger partial charge in [0, 0.05) is 26.2 Å². The molecule has 1 aromatic carbocycles. The molecular formula is C13H19N3O. The third-order valence-electron chi connectivity index (χ3n) is 3.13. The Morgan fingerprint density at radius 1 is 1.29 bits per heavy atom. The van der Waals surface area contributed by atoms with Crippen LogP contribution in [0.1, 0.15) is 17.2 Å². The zero-order chi connectivity index (χ0) is 12.3. The quantitative estimate of drug-likeness (QED) is 0.778. The fraction of sp³-hybridized carbons (Fsp3) is 0.462. The van der Waals surface area contributed by atoms with Gasteiger partial charge in [-0.3, -0.25) is 4.79 Å². The van der Waals surface area contributed by atoms with Crippen molar-refractivity contribution in [2.75, 3.05) is 26.2 Å². The van der Waals surface area contributed by atoms with Gasteiger partial charge in [-0.25, -0.2) is 0 Å². The molecule has 1 heterocycles. The molecule has 1 atom stereocenters. The fourth-order valence-corrected chi connectivity index (χ4v) is 2.00. The summed E-state index contributed by atoms with van der Waals surface area (Å²) in [7, 11) is 0. The predicted molar refractivity (Wildman–Crippen MR) is 67.6 cm³/mol. The molecule has 2 rings (SSSR count). The smallest absolute Gasteiger partial charge is 0.244 e. The highest BCUT2D eigenvalue weighted by molar-refractivity contribution is 5.83. The van der Waals surface area contributed by atoms with E-state index in [9.17, 15) is 4.79 Å². The summed E-state index contributed by atoms with van der Waals surface area (Å²) in [4.78, 5) is 14.0. The van der Waals surface area contributed by atoms with E-state index in [-0.39, 0.29) is 5.91 Å². The first-order chi connectivity index (χ1) is 8.18. The average molecular weight is 233 g/mol. The lowest BCUT2D eigenvalue weighted by Crippen LogP contribution is -2.49. The molecule has 4 nitrogen and oxygen atoms in total. The summed E-state index contributed by atoms with van der Waals surface area (Å²) in [6.07, 6.45) is 0. The number of aryl methyl sites for hydroxylation is 1. The summed E-state index contributed by atoms with van der Waals surface area (Å²) in [6, 6.07) is 7.30. The van der Waals surface area contributed by atoms with Crippen LogP contribution in [0.25, 0.3) is 0 Å². The molecule has 0 bridgehead atoms. The molecule has 1 saturated heterocycles. The van der Waals surface area contributed by atoms with Gasteiger partial charge in [-0.15, -0.1) is 0 Å². The van der Waals surface area contributed by atoms with E-state index in [2.05, 4.69) is 5.32 Å². The fourth-order valence-electron chi connectivity index (χ4n) is 2.00. The minimum Gasteiger partial charge on any atom is -0.339 e. The molecule has 0 saturated carbocycles. The van der Waals surface area contributed by atoms with Gasteiger partial charge in [-0.2, -0.15) is 0 Å². The molecule has 0 radical (unpaired) electrons. The normalized spacial score (nSPS) is 17.9. The number of piperazine rings is 1. The second-order valence-electron chi connectivity index (χ2n) is 4.46. The van der Waals surface area contributed by atoms with Gasteiger partial charge in [0.1, 0.15) is 6.04 Å². The van der Waals surface area contributed by atoms with Gasteiger partial charge in [0.15, 0.2) is 0 Å². The summed E-state index contributed by atoms with van der Waals surface area (Å²) in [5, 5.41) is 3.22. The zero-order valence-electron chi connectivity index (χ0n) is 10.1. The lowest BCUT2D eigenvalue weighted by Gasteiger charge is -2.29. The highest BCUT2D eigenvalue weighted by Gasteiger charge is 2.23. The molecule has 3 N–H and O–H groups in total. The molecule has 1 unspecified atom stereocenters. The van der Waals surface area contributed by atoms with Crippen molar-refractivity contribution in [1.29, 1.82) is 0 Å². The Morgan fingerprint density at radius 2 is 1.88 bits per heavy atom. The Balaban J connectivity index is 2.05. The second kappa shape index (κ2) is 5.29. The summed E-state index contributed by atoms with van der Waals surface area (Å²) in [5.41, 5.74) is 8.07. The van der Waals surface area contributed by atoms with E-state index >= 15 is 0 Å². The van der Waals surface area contributed by atoms with Crippen molar-refractivity contribution in [1.82, 2.24) is 10.2 Å². The van der Waals surface area contributed by atoms with E-state index in [1.54, 1.807) is 0 Å². The monoisotopic (exact) mass is 233 g/mol. The predicted octanol–water partition coefficient (Wildman–Crippen LogP) is 0.427. The van der Waals surface area contributed by atoms with Gasteiger partial charge in [-0.05, 0) is 12.5 Å². The van der Waals surface area contributed by atoms with Crippen LogP contribution in [0.5, 0.6) is 0 Å². The number of rotatable bonds is 2. The Bertz CT molecular complexity index is 382. The van der Waals surface area contributed by atoms with E-state index in [4.69, 9.17) is 5.73 Å². The maximum Gasteiger partial charge on any atom is 0.244 e. The van der Waals surface area contributed by atoms with E-state index in [0.29, 0.717) is 0 Å². The molecule has 1 aliphatic rings. The first-order valence-corrected chi connectivity index (χ1v) is 6.00. The second-order valence-corrected chi connectivity index (χ2v) is 4.46. The molecule has 1 fully saturated rings. The molecule has 0 aliphatic carbocycles. The Hall–Kier alpha value is -1.39. The molecular weight excluding hydrogens is 214 g/mol. The van der Waals surface area contributed by atoms with Crippen LogP contribution in [0.15, 0.2) is 24.3 Å². The van der Waals surface area contributed by atoms with Crippen molar-refractivity contribution in [3.8, 4) is 0 Å². The third-order valence-corrected chi connectivity index (χ3v) is 3.13. The number of nitrogens with zero attached hydrogens (tertiary/aromatic N) is 1. The van der Waals surface area contributed by atoms with Crippen LogP contribution in [0.2, 0.25) is 0 Å². The zero-order valence-corrected chi connectivity index (χ0v) is 10.1. The van der Waals surface area contributed by atoms with Gasteiger partial charge in [0.05, 0.1) is 0 Å². The van der Waals surface area contributed by atoms with Crippen LogP contribution in [0.3, 0.4) is 0 Å². The van der Waals surface area contributed by atoms with Crippen LogP contribution in [0.4, 0.5) is 0 Å². The van der Waals surface area contributed by atoms with Crippen LogP contribution in [-0.4, -0.2) is 37.0 Å². The standard InChI is InChI=1S/C13H19N3O/c1-10-2-4-11(5-3-10)12(14)13(17)16-8-6-15-7-9-16/h2-5,12,15H,6-9,14H2,1H3. The maximum absolute atomic E-state index is 12.2. The van der Waals surface area contributed by atoms with E-state index in [1.807, 2.05) is 36.1 Å². The number of amides is 1. The minimum absolute atomic E-state index is 0.0235. The molecule has 1 aliphatic heterocycles. The SMILES string of the molecule is Cc1ccc(C(N)C(=O)N2CCNCC2)cc1. The summed E-state index contributed by atoms with van der Waals surface area (Å²) in [5.74, 6) is 0.0235. The maximum atomic E-state index is 12.2. The molecule has 4 heteroatoms. The van der Waals surface area contributed by atoms with Crippen molar-refractivity contribution >= 4 is 5.91 Å². The van der Waals surface area contributed by atoms with Crippen molar-refractivity contribution in [2.24, 2.45) is 5.73 Å². The van der Waals surface area contributed by atoms with Crippen molar-refractivity contribution < 1.29 is 4.79 Å². The van der Waals surface area contributed by atoms with E-state index in [0.717, 1.165) is 31.7 Å². The Labute approximate surface area is 102 Å². The number of hydrogen-bond donors (Lipinski definition) is 2. The van der Waals surface area contributed by atoms with E-state index in [1.165, 1.54) is 5.56 Å². The van der Waals surface area contributed by atoms with Crippen LogP contribution in [0, 0.1) is 6.92 Å². The molecule has 1 aromatic rings. The van der Waals surface area contributed by atoms with Gasteiger partial charge in [0.2, 0.25) is 5.91 Å². The molecule has 1 amide bonds. The van der Waals surface area contributed by atoms with Crippen molar-refractivity contribution in [2.45, 2.75) is 13.0 Å². The Kier molecular flexibility index (Phi) is 3.76. The van der Waals surface area contributed by atoms with Crippen LogP contribution >= 0.6 is 0 Å². The number of nitrogens with one attached hydrogen (secondary N) is 1. The first kappa shape index (κ1) is 12.1. The third kappa shape index (κ3) is 2.84. The summed E-state index contributed by atoms with van der Waals surface area (Å²) >= 11 is 0. The molecule has 17 heavy (non-hydrogen) atoms. The minimum atomic E-state index is -0.534. The Morgan fingerprint density at radius 3 is 2.47 bits per heavy atom. The molecule has 0 aromatic heterocycles. The number of hydrogen-bond acceptors (Lipinski definition) is 3. The van der Waals surface area contributed by atoms with Crippen molar-refractivity contribution in [3.63, 3.8) is 0 Å². The van der Waals surface area contributed by atoms with Crippen LogP contribution in [-0.2, 0) is 4.79 Å². The topological polar surface area (TPSA) is 58.4 Å². The van der Waals surface area contributed by atoms with Gasteiger partial charge >= 0.3 is 0 Å². The first-order valence-electron chi connectivity index (χ1n) is 6.00. The van der Waals surface area contributed by atoms with Crippen LogP contribution < -0.4 is 11.1 Å². The lowest BCUT2D eigenvalue weighted by molar-refractivity contribution is -0.133. The number of carbonyl (C=O) groups is 1.